The average Bonchev–Trinajstić information content (AvgIpc) is 3.39. The highest BCUT2D eigenvalue weighted by molar-refractivity contribution is 7.97. The van der Waals surface area contributed by atoms with Gasteiger partial charge in [-0.15, -0.1) is 0 Å². The summed E-state index contributed by atoms with van der Waals surface area (Å²) in [6.07, 6.45) is 7.83. The van der Waals surface area contributed by atoms with Gasteiger partial charge < -0.3 is 15.6 Å². The van der Waals surface area contributed by atoms with Gasteiger partial charge in [-0.1, -0.05) is 6.42 Å². The molecular weight excluding hydrogens is 456 g/mol. The van der Waals surface area contributed by atoms with Crippen LogP contribution in [0.4, 0.5) is 5.69 Å². The van der Waals surface area contributed by atoms with Crippen molar-refractivity contribution in [2.24, 2.45) is 5.73 Å². The second-order valence-corrected chi connectivity index (χ2v) is 10.7. The number of aromatic nitrogens is 3. The minimum Gasteiger partial charge on any atom is -0.335 e. The van der Waals surface area contributed by atoms with Gasteiger partial charge in [0.15, 0.2) is 0 Å². The summed E-state index contributed by atoms with van der Waals surface area (Å²) >= 11 is 1.85. The SMILES string of the molecule is Cc1cc2cnn(CCN)c2cc1NC(=O)C(C)n1cc(C)c2cc(SN3CCCCC3)ccc21. The summed E-state index contributed by atoms with van der Waals surface area (Å²) in [6.45, 7) is 9.55. The van der Waals surface area contributed by atoms with Crippen molar-refractivity contribution in [1.29, 1.82) is 0 Å². The van der Waals surface area contributed by atoms with Gasteiger partial charge in [0.05, 0.1) is 18.3 Å². The molecule has 1 aliphatic rings. The lowest BCUT2D eigenvalue weighted by molar-refractivity contribution is -0.118. The molecule has 0 spiro atoms. The Balaban J connectivity index is 1.37. The maximum absolute atomic E-state index is 13.3. The van der Waals surface area contributed by atoms with E-state index >= 15 is 0 Å². The Morgan fingerprint density at radius 3 is 2.69 bits per heavy atom. The van der Waals surface area contributed by atoms with Crippen molar-refractivity contribution in [2.45, 2.75) is 57.5 Å². The molecule has 0 bridgehead atoms. The van der Waals surface area contributed by atoms with Gasteiger partial charge in [-0.3, -0.25) is 9.48 Å². The van der Waals surface area contributed by atoms with Crippen LogP contribution in [0.2, 0.25) is 0 Å². The van der Waals surface area contributed by atoms with Crippen molar-refractivity contribution >= 4 is 45.3 Å². The molecule has 1 unspecified atom stereocenters. The van der Waals surface area contributed by atoms with Crippen LogP contribution in [0.15, 0.2) is 47.6 Å². The van der Waals surface area contributed by atoms with E-state index in [1.54, 1.807) is 0 Å². The van der Waals surface area contributed by atoms with E-state index in [1.165, 1.54) is 35.1 Å². The number of anilines is 1. The molecule has 1 amide bonds. The maximum Gasteiger partial charge on any atom is 0.247 e. The van der Waals surface area contributed by atoms with Crippen LogP contribution >= 0.6 is 11.9 Å². The maximum atomic E-state index is 13.3. The Labute approximate surface area is 210 Å². The lowest BCUT2D eigenvalue weighted by atomic mass is 10.1. The molecule has 1 aliphatic heterocycles. The number of nitrogens with zero attached hydrogens (tertiary/aromatic N) is 4. The van der Waals surface area contributed by atoms with E-state index < -0.39 is 0 Å². The zero-order valence-corrected chi connectivity index (χ0v) is 21.6. The fourth-order valence-corrected chi connectivity index (χ4v) is 5.96. The summed E-state index contributed by atoms with van der Waals surface area (Å²) in [6, 6.07) is 10.3. The number of carbonyl (C=O) groups excluding carboxylic acids is 1. The van der Waals surface area contributed by atoms with Gasteiger partial charge in [0.25, 0.3) is 0 Å². The lowest BCUT2D eigenvalue weighted by Gasteiger charge is -2.25. The Hall–Kier alpha value is -2.81. The number of nitrogens with two attached hydrogens (primary N) is 1. The van der Waals surface area contributed by atoms with Crippen molar-refractivity contribution < 1.29 is 4.79 Å². The Bertz CT molecular complexity index is 1370. The molecule has 7 nitrogen and oxygen atoms in total. The number of fused-ring (bicyclic) bond motifs is 2. The summed E-state index contributed by atoms with van der Waals surface area (Å²) < 4.78 is 6.43. The number of nitrogens with one attached hydrogen (secondary N) is 1. The highest BCUT2D eigenvalue weighted by atomic mass is 32.2. The van der Waals surface area contributed by atoms with Gasteiger partial charge in [-0.25, -0.2) is 4.31 Å². The van der Waals surface area contributed by atoms with Crippen LogP contribution in [0.1, 0.15) is 43.4 Å². The highest BCUT2D eigenvalue weighted by Crippen LogP contribution is 2.32. The van der Waals surface area contributed by atoms with Gasteiger partial charge in [0.2, 0.25) is 5.91 Å². The topological polar surface area (TPSA) is 81.1 Å². The van der Waals surface area contributed by atoms with E-state index in [9.17, 15) is 4.79 Å². The lowest BCUT2D eigenvalue weighted by Crippen LogP contribution is -2.23. The molecule has 2 aromatic carbocycles. The van der Waals surface area contributed by atoms with Crippen LogP contribution in [0.3, 0.4) is 0 Å². The second kappa shape index (κ2) is 10.0. The van der Waals surface area contributed by atoms with E-state index in [1.807, 2.05) is 42.7 Å². The molecule has 1 saturated heterocycles. The Kier molecular flexibility index (Phi) is 6.86. The molecule has 0 saturated carbocycles. The van der Waals surface area contributed by atoms with Crippen LogP contribution in [0, 0.1) is 13.8 Å². The number of piperidine rings is 1. The zero-order valence-electron chi connectivity index (χ0n) is 20.8. The zero-order chi connectivity index (χ0) is 24.5. The van der Waals surface area contributed by atoms with Gasteiger partial charge >= 0.3 is 0 Å². The number of hydrogen-bond acceptors (Lipinski definition) is 5. The van der Waals surface area contributed by atoms with E-state index in [-0.39, 0.29) is 11.9 Å². The predicted molar refractivity (Wildman–Crippen MR) is 145 cm³/mol. The molecular formula is C27H34N6OS. The highest BCUT2D eigenvalue weighted by Gasteiger charge is 2.20. The monoisotopic (exact) mass is 490 g/mol. The third-order valence-corrected chi connectivity index (χ3v) is 8.02. The average molecular weight is 491 g/mol. The van der Waals surface area contributed by atoms with Gasteiger partial charge in [0.1, 0.15) is 6.04 Å². The molecule has 35 heavy (non-hydrogen) atoms. The van der Waals surface area contributed by atoms with Crippen LogP contribution in [-0.2, 0) is 11.3 Å². The fourth-order valence-electron chi connectivity index (χ4n) is 4.92. The molecule has 3 N–H and O–H groups in total. The smallest absolute Gasteiger partial charge is 0.247 e. The number of aryl methyl sites for hydroxylation is 2. The molecule has 8 heteroatoms. The van der Waals surface area contributed by atoms with Crippen LogP contribution in [0.25, 0.3) is 21.8 Å². The minimum absolute atomic E-state index is 0.0407. The van der Waals surface area contributed by atoms with E-state index in [4.69, 9.17) is 5.73 Å². The molecule has 0 radical (unpaired) electrons. The van der Waals surface area contributed by atoms with Crippen LogP contribution in [-0.4, -0.2) is 44.2 Å². The normalized spacial score (nSPS) is 15.7. The van der Waals surface area contributed by atoms with E-state index in [2.05, 4.69) is 56.7 Å². The molecule has 2 aromatic heterocycles. The number of hydrogen-bond donors (Lipinski definition) is 2. The van der Waals surface area contributed by atoms with Crippen molar-refractivity contribution in [3.8, 4) is 0 Å². The molecule has 4 aromatic rings. The van der Waals surface area contributed by atoms with Crippen molar-refractivity contribution in [3.63, 3.8) is 0 Å². The van der Waals surface area contributed by atoms with Gasteiger partial charge in [-0.2, -0.15) is 5.10 Å². The van der Waals surface area contributed by atoms with Gasteiger partial charge in [0, 0.05) is 52.7 Å². The van der Waals surface area contributed by atoms with Crippen molar-refractivity contribution in [1.82, 2.24) is 18.7 Å². The second-order valence-electron chi connectivity index (χ2n) is 9.53. The van der Waals surface area contributed by atoms with Crippen LogP contribution < -0.4 is 11.1 Å². The number of benzene rings is 2. The number of rotatable bonds is 7. The minimum atomic E-state index is -0.351. The van der Waals surface area contributed by atoms with Crippen LogP contribution in [0.5, 0.6) is 0 Å². The summed E-state index contributed by atoms with van der Waals surface area (Å²) in [7, 11) is 0. The van der Waals surface area contributed by atoms with E-state index in [0.29, 0.717) is 13.1 Å². The first kappa shape index (κ1) is 23.9. The summed E-state index contributed by atoms with van der Waals surface area (Å²) in [5.41, 5.74) is 10.8. The van der Waals surface area contributed by atoms with Gasteiger partial charge in [-0.05, 0) is 87.0 Å². The molecule has 5 rings (SSSR count). The number of carbonyl (C=O) groups is 1. The quantitative estimate of drug-likeness (QED) is 0.346. The standard InChI is InChI=1S/C27H34N6OS/c1-18-13-21-16-29-33(12-9-28)26(21)15-24(18)30-27(34)20(3)32-17-19(2)23-14-22(7-8-25(23)32)35-31-10-5-4-6-11-31/h7-8,13-17,20H,4-6,9-12,28H2,1-3H3,(H,30,34). The fraction of sp³-hybridized carbons (Fsp3) is 0.407. The summed E-state index contributed by atoms with van der Waals surface area (Å²) in [4.78, 5) is 14.6. The number of amides is 1. The molecule has 1 fully saturated rings. The third-order valence-electron chi connectivity index (χ3n) is 6.94. The largest absolute Gasteiger partial charge is 0.335 e. The Morgan fingerprint density at radius 1 is 1.11 bits per heavy atom. The molecule has 0 aliphatic carbocycles. The Morgan fingerprint density at radius 2 is 1.91 bits per heavy atom. The van der Waals surface area contributed by atoms with Crippen molar-refractivity contribution in [2.75, 3.05) is 25.0 Å². The van der Waals surface area contributed by atoms with Crippen molar-refractivity contribution in [3.05, 3.63) is 53.9 Å². The summed E-state index contributed by atoms with van der Waals surface area (Å²) in [5.74, 6) is -0.0407. The molecule has 3 heterocycles. The first-order valence-electron chi connectivity index (χ1n) is 12.5. The first-order valence-corrected chi connectivity index (χ1v) is 13.2. The van der Waals surface area contributed by atoms with E-state index in [0.717, 1.165) is 40.8 Å². The predicted octanol–water partition coefficient (Wildman–Crippen LogP) is 5.26. The molecule has 1 atom stereocenters. The summed E-state index contributed by atoms with van der Waals surface area (Å²) in [5, 5.41) is 9.83. The third kappa shape index (κ3) is 4.83. The molecule has 184 valence electrons. The first-order chi connectivity index (χ1) is 16.9.